The minimum Gasteiger partial charge on any atom is -0.497 e. The van der Waals surface area contributed by atoms with Crippen LogP contribution in [0.4, 0.5) is 5.69 Å². The molecule has 4 aromatic carbocycles. The molecule has 0 aliphatic heterocycles. The zero-order valence-corrected chi connectivity index (χ0v) is 26.3. The van der Waals surface area contributed by atoms with Crippen LogP contribution in [-0.4, -0.2) is 42.1 Å². The first-order valence-electron chi connectivity index (χ1n) is 15.6. The number of ether oxygens (including phenoxy) is 2. The van der Waals surface area contributed by atoms with Crippen molar-refractivity contribution in [3.63, 3.8) is 0 Å². The summed E-state index contributed by atoms with van der Waals surface area (Å²) in [4.78, 5) is 32.7. The molecule has 230 valence electrons. The number of anilines is 1. The fraction of sp³-hybridized carbons (Fsp3) is 0.342. The molecule has 1 amide bonds. The van der Waals surface area contributed by atoms with Gasteiger partial charge in [0.1, 0.15) is 11.9 Å². The molecule has 2 aliphatic rings. The average molecular weight is 602 g/mol. The van der Waals surface area contributed by atoms with E-state index in [-0.39, 0.29) is 29.2 Å². The van der Waals surface area contributed by atoms with Gasteiger partial charge in [-0.15, -0.1) is 0 Å². The lowest BCUT2D eigenvalue weighted by Gasteiger charge is -2.40. The summed E-state index contributed by atoms with van der Waals surface area (Å²) in [7, 11) is 1.57. The second kappa shape index (κ2) is 12.0. The van der Waals surface area contributed by atoms with Gasteiger partial charge in [-0.2, -0.15) is 4.79 Å². The highest BCUT2D eigenvalue weighted by Crippen LogP contribution is 2.72. The van der Waals surface area contributed by atoms with E-state index in [4.69, 9.17) is 9.47 Å². The van der Waals surface area contributed by atoms with Crippen molar-refractivity contribution in [2.45, 2.75) is 52.1 Å². The maximum absolute atomic E-state index is 14.0. The van der Waals surface area contributed by atoms with Crippen LogP contribution in [0.1, 0.15) is 50.7 Å². The molecule has 2 bridgehead atoms. The predicted molar refractivity (Wildman–Crippen MR) is 175 cm³/mol. The number of fused-ring (bicyclic) bond motifs is 3. The van der Waals surface area contributed by atoms with E-state index in [0.29, 0.717) is 17.9 Å². The number of hydrogen-bond donors (Lipinski definition) is 0. The lowest BCUT2D eigenvalue weighted by Crippen LogP contribution is -2.44. The highest BCUT2D eigenvalue weighted by atomic mass is 16.5. The van der Waals surface area contributed by atoms with E-state index < -0.39 is 23.7 Å². The number of nitrogens with zero attached hydrogens (tertiary/aromatic N) is 3. The van der Waals surface area contributed by atoms with Gasteiger partial charge in [0.2, 0.25) is 0 Å². The maximum Gasteiger partial charge on any atom is 0.463 e. The molecule has 4 atom stereocenters. The van der Waals surface area contributed by atoms with Crippen LogP contribution in [0.15, 0.2) is 97.1 Å². The van der Waals surface area contributed by atoms with Crippen LogP contribution >= 0.6 is 0 Å². The highest BCUT2D eigenvalue weighted by Gasteiger charge is 2.68. The summed E-state index contributed by atoms with van der Waals surface area (Å²) in [6.45, 7) is 7.08. The largest absolute Gasteiger partial charge is 0.497 e. The molecule has 0 radical (unpaired) electrons. The molecule has 7 nitrogen and oxygen atoms in total. The van der Waals surface area contributed by atoms with Crippen LogP contribution in [0.5, 0.6) is 5.75 Å². The van der Waals surface area contributed by atoms with E-state index in [0.717, 1.165) is 34.7 Å². The Morgan fingerprint density at radius 2 is 1.60 bits per heavy atom. The van der Waals surface area contributed by atoms with Crippen molar-refractivity contribution in [3.05, 3.63) is 114 Å². The van der Waals surface area contributed by atoms with E-state index in [1.54, 1.807) is 31.4 Å². The Morgan fingerprint density at radius 3 is 2.31 bits per heavy atom. The van der Waals surface area contributed by atoms with E-state index in [1.807, 2.05) is 42.5 Å². The Hall–Kier alpha value is -4.74. The fourth-order valence-corrected chi connectivity index (χ4v) is 7.95. The van der Waals surface area contributed by atoms with Crippen molar-refractivity contribution in [1.82, 2.24) is 0 Å². The van der Waals surface area contributed by atoms with Crippen molar-refractivity contribution in [2.75, 3.05) is 18.6 Å². The summed E-state index contributed by atoms with van der Waals surface area (Å²) in [5.41, 5.74) is 12.0. The molecule has 45 heavy (non-hydrogen) atoms. The zero-order valence-electron chi connectivity index (χ0n) is 26.3. The minimum absolute atomic E-state index is 0.0845. The molecule has 2 saturated carbocycles. The van der Waals surface area contributed by atoms with Gasteiger partial charge in [-0.3, -0.25) is 4.79 Å². The van der Waals surface area contributed by atoms with Gasteiger partial charge in [0.25, 0.3) is 0 Å². The number of rotatable bonds is 9. The van der Waals surface area contributed by atoms with Crippen molar-refractivity contribution < 1.29 is 23.9 Å². The number of esters is 1. The predicted octanol–water partition coefficient (Wildman–Crippen LogP) is 7.25. The van der Waals surface area contributed by atoms with Crippen molar-refractivity contribution in [2.24, 2.45) is 16.7 Å². The second-order valence-electron chi connectivity index (χ2n) is 13.0. The van der Waals surface area contributed by atoms with Gasteiger partial charge >= 0.3 is 17.6 Å². The Labute approximate surface area is 264 Å². The summed E-state index contributed by atoms with van der Waals surface area (Å²) in [6, 6.07) is 31.3. The number of amides is 1. The first-order chi connectivity index (χ1) is 21.7. The average Bonchev–Trinajstić information content (AvgIpc) is 3.38. The molecule has 0 spiro atoms. The first kappa shape index (κ1) is 30.3. The smallest absolute Gasteiger partial charge is 0.463 e. The van der Waals surface area contributed by atoms with E-state index in [2.05, 4.69) is 55.9 Å². The minimum atomic E-state index is -0.914. The van der Waals surface area contributed by atoms with Gasteiger partial charge in [-0.1, -0.05) is 93.6 Å². The monoisotopic (exact) mass is 601 g/mol. The Bertz CT molecular complexity index is 1770. The summed E-state index contributed by atoms with van der Waals surface area (Å²) in [5, 5.41) is 2.26. The number of benzene rings is 4. The molecule has 0 unspecified atom stereocenters. The van der Waals surface area contributed by atoms with Crippen molar-refractivity contribution in [1.29, 1.82) is 0 Å². The lowest BCUT2D eigenvalue weighted by atomic mass is 9.64. The standard InChI is InChI=1S/C38H39N3O4/c1-37(2)31-21-23-38(37,3)32(30-16-10-14-26-13-8-9-15-29(26)30)34(31)45-36(43)33(40-39)35(42)41(24-22-25-11-6-5-7-12-25)27-17-19-28(44-4)20-18-27/h5-20,31-32,34H,21-24H2,1-4H3/t31-,32-,34-,38-/m1/s1. The molecular weight excluding hydrogens is 562 g/mol. The number of methoxy groups -OCH3 is 1. The number of carbonyl (C=O) groups is 2. The van der Waals surface area contributed by atoms with Crippen LogP contribution in [-0.2, 0) is 20.7 Å². The van der Waals surface area contributed by atoms with Crippen LogP contribution < -0.4 is 9.64 Å². The topological polar surface area (TPSA) is 92.2 Å². The molecular formula is C38H39N3O4. The number of hydrogen-bond acceptors (Lipinski definition) is 4. The molecule has 4 aromatic rings. The van der Waals surface area contributed by atoms with Gasteiger partial charge in [0, 0.05) is 24.1 Å². The molecule has 0 saturated heterocycles. The van der Waals surface area contributed by atoms with E-state index in [9.17, 15) is 15.1 Å². The first-order valence-corrected chi connectivity index (χ1v) is 15.6. The van der Waals surface area contributed by atoms with E-state index in [1.165, 1.54) is 4.90 Å². The van der Waals surface area contributed by atoms with Gasteiger partial charge in [-0.25, -0.2) is 4.79 Å². The molecule has 0 heterocycles. The summed E-state index contributed by atoms with van der Waals surface area (Å²) < 4.78 is 11.6. The quantitative estimate of drug-likeness (QED) is 0.0664. The van der Waals surface area contributed by atoms with Gasteiger partial charge < -0.3 is 19.9 Å². The lowest BCUT2D eigenvalue weighted by molar-refractivity contribution is -0.151. The van der Waals surface area contributed by atoms with E-state index >= 15 is 0 Å². The van der Waals surface area contributed by atoms with Gasteiger partial charge in [-0.05, 0) is 76.3 Å². The van der Waals surface area contributed by atoms with Crippen LogP contribution in [0, 0.1) is 16.7 Å². The van der Waals surface area contributed by atoms with Crippen LogP contribution in [0.2, 0.25) is 0 Å². The maximum atomic E-state index is 14.0. The Morgan fingerprint density at radius 1 is 0.911 bits per heavy atom. The Balaban J connectivity index is 1.32. The normalized spacial score (nSPS) is 22.9. The molecule has 7 heteroatoms. The van der Waals surface area contributed by atoms with Crippen LogP contribution in [0.25, 0.3) is 16.3 Å². The van der Waals surface area contributed by atoms with Crippen molar-refractivity contribution in [3.8, 4) is 5.75 Å². The summed E-state index contributed by atoms with van der Waals surface area (Å²) >= 11 is 0. The molecule has 2 fully saturated rings. The summed E-state index contributed by atoms with van der Waals surface area (Å²) in [5.74, 6) is -1.01. The third-order valence-corrected chi connectivity index (χ3v) is 10.8. The molecule has 6 rings (SSSR count). The third-order valence-electron chi connectivity index (χ3n) is 10.8. The Kier molecular flexibility index (Phi) is 8.07. The second-order valence-corrected chi connectivity index (χ2v) is 13.0. The number of carbonyl (C=O) groups excluding carboxylic acids is 2. The fourth-order valence-electron chi connectivity index (χ4n) is 7.95. The molecule has 2 aliphatic carbocycles. The molecule has 0 aromatic heterocycles. The van der Waals surface area contributed by atoms with Crippen LogP contribution in [0.3, 0.4) is 0 Å². The summed E-state index contributed by atoms with van der Waals surface area (Å²) in [6.07, 6.45) is 1.97. The van der Waals surface area contributed by atoms with Gasteiger partial charge in [0.05, 0.1) is 7.11 Å². The SMILES string of the molecule is COc1ccc(N(CCc2ccccc2)C(=O)C(=[N+]=[N-])C(=O)O[C@@H]2[C@H]3CC[C@](C)([C@@H]2c2cccc4ccccc24)C3(C)C)cc1. The molecule has 0 N–H and O–H groups in total. The zero-order chi connectivity index (χ0) is 31.8. The highest BCUT2D eigenvalue weighted by molar-refractivity contribution is 6.64. The van der Waals surface area contributed by atoms with Crippen molar-refractivity contribution >= 4 is 34.0 Å². The van der Waals surface area contributed by atoms with Gasteiger partial charge in [0.15, 0.2) is 0 Å². The third kappa shape index (κ3) is 5.21.